The van der Waals surface area contributed by atoms with Gasteiger partial charge in [-0.15, -0.1) is 0 Å². The van der Waals surface area contributed by atoms with E-state index in [4.69, 9.17) is 5.11 Å². The molecule has 0 aromatic carbocycles. The molecule has 1 rings (SSSR count). The van der Waals surface area contributed by atoms with Crippen molar-refractivity contribution in [2.45, 2.75) is 40.5 Å². The highest BCUT2D eigenvalue weighted by atomic mass is 32.2. The van der Waals surface area contributed by atoms with Gasteiger partial charge in [0, 0.05) is 19.6 Å². The zero-order valence-corrected chi connectivity index (χ0v) is 13.5. The maximum absolute atomic E-state index is 12.2. The molecule has 0 aliphatic carbocycles. The molecule has 2 N–H and O–H groups in total. The van der Waals surface area contributed by atoms with E-state index in [-0.39, 0.29) is 12.0 Å². The lowest BCUT2D eigenvalue weighted by Gasteiger charge is -2.33. The molecule has 0 aromatic heterocycles. The largest absolute Gasteiger partial charge is 0.481 e. The number of carboxylic acids is 1. The summed E-state index contributed by atoms with van der Waals surface area (Å²) < 4.78 is 28.4. The van der Waals surface area contributed by atoms with Gasteiger partial charge in [-0.1, -0.05) is 27.7 Å². The quantitative estimate of drug-likeness (QED) is 0.774. The highest BCUT2D eigenvalue weighted by molar-refractivity contribution is 7.87. The third kappa shape index (κ3) is 4.43. The number of nitrogens with zero attached hydrogens (tertiary/aromatic N) is 1. The Morgan fingerprint density at radius 1 is 1.45 bits per heavy atom. The van der Waals surface area contributed by atoms with Crippen molar-refractivity contribution in [3.05, 3.63) is 0 Å². The molecule has 0 saturated carbocycles. The fourth-order valence-corrected chi connectivity index (χ4v) is 3.42. The lowest BCUT2D eigenvalue weighted by Crippen LogP contribution is -2.49. The first-order valence-electron chi connectivity index (χ1n) is 7.04. The lowest BCUT2D eigenvalue weighted by molar-refractivity contribution is -0.142. The van der Waals surface area contributed by atoms with Crippen molar-refractivity contribution in [2.24, 2.45) is 17.3 Å². The van der Waals surface area contributed by atoms with Crippen LogP contribution in [0.25, 0.3) is 0 Å². The Labute approximate surface area is 121 Å². The lowest BCUT2D eigenvalue weighted by atomic mass is 9.81. The van der Waals surface area contributed by atoms with Crippen LogP contribution in [0.5, 0.6) is 0 Å². The molecule has 118 valence electrons. The Kier molecular flexibility index (Phi) is 5.57. The molecule has 7 heteroatoms. The topological polar surface area (TPSA) is 86.7 Å². The summed E-state index contributed by atoms with van der Waals surface area (Å²) in [5.74, 6) is -1.18. The summed E-state index contributed by atoms with van der Waals surface area (Å²) in [6.07, 6.45) is 1.13. The molecule has 1 heterocycles. The minimum atomic E-state index is -3.60. The Hall–Kier alpha value is -0.660. The molecular weight excluding hydrogens is 280 g/mol. The van der Waals surface area contributed by atoms with Crippen LogP contribution in [0.15, 0.2) is 0 Å². The van der Waals surface area contributed by atoms with Crippen molar-refractivity contribution in [3.63, 3.8) is 0 Å². The van der Waals surface area contributed by atoms with Gasteiger partial charge in [0.2, 0.25) is 0 Å². The number of aliphatic carboxylic acids is 1. The van der Waals surface area contributed by atoms with E-state index in [2.05, 4.69) is 18.6 Å². The predicted octanol–water partition coefficient (Wildman–Crippen LogP) is 1.30. The highest BCUT2D eigenvalue weighted by Crippen LogP contribution is 2.25. The highest BCUT2D eigenvalue weighted by Gasteiger charge is 2.33. The van der Waals surface area contributed by atoms with E-state index in [0.29, 0.717) is 31.8 Å². The van der Waals surface area contributed by atoms with Gasteiger partial charge in [0.15, 0.2) is 0 Å². The maximum Gasteiger partial charge on any atom is 0.307 e. The SMILES string of the molecule is CC(C)C(C)(C)CNS(=O)(=O)N1CCCC(C(=O)O)C1. The van der Waals surface area contributed by atoms with Crippen molar-refractivity contribution < 1.29 is 18.3 Å². The third-order valence-electron chi connectivity index (χ3n) is 4.35. The summed E-state index contributed by atoms with van der Waals surface area (Å²) in [6, 6.07) is 0. The Morgan fingerprint density at radius 3 is 2.55 bits per heavy atom. The number of hydrogen-bond donors (Lipinski definition) is 2. The minimum Gasteiger partial charge on any atom is -0.481 e. The number of carbonyl (C=O) groups is 1. The molecule has 0 bridgehead atoms. The Bertz CT molecular complexity index is 445. The summed E-state index contributed by atoms with van der Waals surface area (Å²) in [5.41, 5.74) is -0.144. The van der Waals surface area contributed by atoms with Gasteiger partial charge in [0.25, 0.3) is 10.2 Å². The van der Waals surface area contributed by atoms with Gasteiger partial charge in [-0.3, -0.25) is 4.79 Å². The molecule has 1 aliphatic heterocycles. The molecule has 0 aromatic rings. The maximum atomic E-state index is 12.2. The van der Waals surface area contributed by atoms with Gasteiger partial charge in [-0.05, 0) is 24.2 Å². The van der Waals surface area contributed by atoms with Crippen LogP contribution >= 0.6 is 0 Å². The summed E-state index contributed by atoms with van der Waals surface area (Å²) in [6.45, 7) is 8.92. The van der Waals surface area contributed by atoms with Crippen LogP contribution in [0.4, 0.5) is 0 Å². The van der Waals surface area contributed by atoms with Crippen molar-refractivity contribution >= 4 is 16.2 Å². The third-order valence-corrected chi connectivity index (χ3v) is 5.87. The molecule has 1 atom stereocenters. The van der Waals surface area contributed by atoms with Crippen LogP contribution < -0.4 is 4.72 Å². The van der Waals surface area contributed by atoms with Crippen LogP contribution in [0.3, 0.4) is 0 Å². The number of hydrogen-bond acceptors (Lipinski definition) is 3. The molecular formula is C13H26N2O4S. The molecule has 0 spiro atoms. The van der Waals surface area contributed by atoms with Gasteiger partial charge < -0.3 is 5.11 Å². The van der Waals surface area contributed by atoms with E-state index in [1.165, 1.54) is 4.31 Å². The fraction of sp³-hybridized carbons (Fsp3) is 0.923. The fourth-order valence-electron chi connectivity index (χ4n) is 1.93. The van der Waals surface area contributed by atoms with Crippen LogP contribution in [0.2, 0.25) is 0 Å². The molecule has 0 amide bonds. The number of rotatable bonds is 6. The van der Waals surface area contributed by atoms with Crippen molar-refractivity contribution in [3.8, 4) is 0 Å². The zero-order chi connectivity index (χ0) is 15.6. The molecule has 6 nitrogen and oxygen atoms in total. The van der Waals surface area contributed by atoms with Crippen molar-refractivity contribution in [2.75, 3.05) is 19.6 Å². The van der Waals surface area contributed by atoms with Crippen LogP contribution in [-0.4, -0.2) is 43.4 Å². The van der Waals surface area contributed by atoms with Gasteiger partial charge in [0.05, 0.1) is 5.92 Å². The van der Waals surface area contributed by atoms with Crippen LogP contribution in [0.1, 0.15) is 40.5 Å². The van der Waals surface area contributed by atoms with Crippen molar-refractivity contribution in [1.29, 1.82) is 0 Å². The normalized spacial score (nSPS) is 22.1. The van der Waals surface area contributed by atoms with E-state index < -0.39 is 22.1 Å². The molecule has 20 heavy (non-hydrogen) atoms. The second-order valence-corrected chi connectivity index (χ2v) is 8.26. The number of carboxylic acid groups (broad SMARTS) is 1. The average molecular weight is 306 g/mol. The van der Waals surface area contributed by atoms with Gasteiger partial charge >= 0.3 is 5.97 Å². The van der Waals surface area contributed by atoms with E-state index in [9.17, 15) is 13.2 Å². The number of nitrogens with one attached hydrogen (secondary N) is 1. The van der Waals surface area contributed by atoms with E-state index >= 15 is 0 Å². The molecule has 1 unspecified atom stereocenters. The van der Waals surface area contributed by atoms with Gasteiger partial charge in [0.1, 0.15) is 0 Å². The van der Waals surface area contributed by atoms with Gasteiger partial charge in [-0.25, -0.2) is 4.72 Å². The van der Waals surface area contributed by atoms with Crippen LogP contribution in [-0.2, 0) is 15.0 Å². The van der Waals surface area contributed by atoms with E-state index in [0.717, 1.165) is 0 Å². The first kappa shape index (κ1) is 17.4. The van der Waals surface area contributed by atoms with Crippen LogP contribution in [0, 0.1) is 17.3 Å². The van der Waals surface area contributed by atoms with Gasteiger partial charge in [-0.2, -0.15) is 12.7 Å². The second-order valence-electron chi connectivity index (χ2n) is 6.50. The predicted molar refractivity (Wildman–Crippen MR) is 77.5 cm³/mol. The molecule has 1 fully saturated rings. The Morgan fingerprint density at radius 2 is 2.05 bits per heavy atom. The standard InChI is InChI=1S/C13H26N2O4S/c1-10(2)13(3,4)9-14-20(18,19)15-7-5-6-11(8-15)12(16)17/h10-11,14H,5-9H2,1-4H3,(H,16,17). The summed E-state index contributed by atoms with van der Waals surface area (Å²) in [4.78, 5) is 11.0. The monoisotopic (exact) mass is 306 g/mol. The summed E-state index contributed by atoms with van der Waals surface area (Å²) >= 11 is 0. The first-order chi connectivity index (χ1) is 9.06. The first-order valence-corrected chi connectivity index (χ1v) is 8.48. The van der Waals surface area contributed by atoms with E-state index in [1.54, 1.807) is 0 Å². The molecule has 1 saturated heterocycles. The molecule has 1 aliphatic rings. The summed E-state index contributed by atoms with van der Waals surface area (Å²) in [7, 11) is -3.60. The summed E-state index contributed by atoms with van der Waals surface area (Å²) in [5, 5.41) is 9.01. The number of piperidine rings is 1. The van der Waals surface area contributed by atoms with Crippen molar-refractivity contribution in [1.82, 2.24) is 9.03 Å². The zero-order valence-electron chi connectivity index (χ0n) is 12.7. The second kappa shape index (κ2) is 6.41. The Balaban J connectivity index is 2.67. The minimum absolute atomic E-state index is 0.0623. The average Bonchev–Trinajstić information content (AvgIpc) is 2.36. The van der Waals surface area contributed by atoms with E-state index in [1.807, 2.05) is 13.8 Å². The molecule has 0 radical (unpaired) electrons. The smallest absolute Gasteiger partial charge is 0.307 e.